The van der Waals surface area contributed by atoms with Crippen LogP contribution < -0.4 is 14.4 Å². The molecule has 0 aliphatic rings. The van der Waals surface area contributed by atoms with Crippen LogP contribution in [-0.4, -0.2) is 20.1 Å². The van der Waals surface area contributed by atoms with Crippen molar-refractivity contribution < 1.29 is 14.3 Å². The first-order valence-corrected chi connectivity index (χ1v) is 7.91. The first-order chi connectivity index (χ1) is 11.2. The second-order valence-corrected chi connectivity index (χ2v) is 5.32. The first kappa shape index (κ1) is 16.9. The van der Waals surface area contributed by atoms with E-state index in [4.69, 9.17) is 9.47 Å². The van der Waals surface area contributed by atoms with Gasteiger partial charge in [-0.25, -0.2) is 0 Å². The van der Waals surface area contributed by atoms with Crippen LogP contribution >= 0.6 is 0 Å². The quantitative estimate of drug-likeness (QED) is 0.502. The Morgan fingerprint density at radius 2 is 1.48 bits per heavy atom. The van der Waals surface area contributed by atoms with Gasteiger partial charge in [0, 0.05) is 18.4 Å². The van der Waals surface area contributed by atoms with Crippen LogP contribution in [0.2, 0.25) is 0 Å². The van der Waals surface area contributed by atoms with E-state index in [-0.39, 0.29) is 0 Å². The fourth-order valence-electron chi connectivity index (χ4n) is 2.26. The first-order valence-electron chi connectivity index (χ1n) is 7.91. The number of carbonyl (C=O) groups excluding carboxylic acids is 1. The van der Waals surface area contributed by atoms with Crippen LogP contribution in [0.5, 0.6) is 11.5 Å². The second kappa shape index (κ2) is 8.83. The maximum absolute atomic E-state index is 10.3. The van der Waals surface area contributed by atoms with Gasteiger partial charge in [0.25, 0.3) is 6.47 Å². The van der Waals surface area contributed by atoms with E-state index in [9.17, 15) is 4.79 Å². The number of hydrogen-bond acceptors (Lipinski definition) is 4. The smallest absolute Gasteiger partial charge is 0.298 e. The molecule has 23 heavy (non-hydrogen) atoms. The summed E-state index contributed by atoms with van der Waals surface area (Å²) in [6.07, 6.45) is 3.49. The summed E-state index contributed by atoms with van der Waals surface area (Å²) in [5, 5.41) is 0. The van der Waals surface area contributed by atoms with E-state index >= 15 is 0 Å². The fourth-order valence-corrected chi connectivity index (χ4v) is 2.26. The zero-order valence-electron chi connectivity index (χ0n) is 13.7. The lowest BCUT2D eigenvalue weighted by atomic mass is 10.2. The van der Waals surface area contributed by atoms with E-state index in [1.807, 2.05) is 43.4 Å². The number of benzene rings is 2. The van der Waals surface area contributed by atoms with Crippen molar-refractivity contribution in [2.45, 2.75) is 26.2 Å². The Morgan fingerprint density at radius 1 is 0.913 bits per heavy atom. The molecule has 0 radical (unpaired) electrons. The predicted octanol–water partition coefficient (Wildman–Crippen LogP) is 4.56. The molecule has 0 heterocycles. The van der Waals surface area contributed by atoms with Gasteiger partial charge in [0.1, 0.15) is 11.5 Å². The minimum absolute atomic E-state index is 0.429. The summed E-state index contributed by atoms with van der Waals surface area (Å²) in [5.41, 5.74) is 2.08. The van der Waals surface area contributed by atoms with E-state index < -0.39 is 0 Å². The Labute approximate surface area is 137 Å². The summed E-state index contributed by atoms with van der Waals surface area (Å²) in [7, 11) is 1.99. The van der Waals surface area contributed by atoms with E-state index in [1.54, 1.807) is 12.1 Å². The molecular weight excluding hydrogens is 290 g/mol. The SMILES string of the molecule is CCCCCOc1ccc(N(C)c2ccc(OC=O)cc2)cc1. The van der Waals surface area contributed by atoms with Crippen molar-refractivity contribution >= 4 is 17.8 Å². The predicted molar refractivity (Wildman–Crippen MR) is 92.7 cm³/mol. The summed E-state index contributed by atoms with van der Waals surface area (Å²) >= 11 is 0. The van der Waals surface area contributed by atoms with Crippen molar-refractivity contribution in [3.8, 4) is 11.5 Å². The van der Waals surface area contributed by atoms with Crippen LogP contribution in [0.15, 0.2) is 48.5 Å². The van der Waals surface area contributed by atoms with E-state index in [0.29, 0.717) is 12.2 Å². The molecule has 2 aromatic carbocycles. The highest BCUT2D eigenvalue weighted by Gasteiger charge is 2.05. The van der Waals surface area contributed by atoms with E-state index in [2.05, 4.69) is 11.8 Å². The molecule has 0 aromatic heterocycles. The second-order valence-electron chi connectivity index (χ2n) is 5.32. The fraction of sp³-hybridized carbons (Fsp3) is 0.316. The molecular formula is C19H23NO3. The summed E-state index contributed by atoms with van der Waals surface area (Å²) in [6, 6.07) is 15.4. The van der Waals surface area contributed by atoms with E-state index in [1.165, 1.54) is 12.8 Å². The van der Waals surface area contributed by atoms with Crippen molar-refractivity contribution in [1.82, 2.24) is 0 Å². The molecule has 0 aliphatic heterocycles. The van der Waals surface area contributed by atoms with Gasteiger partial charge in [-0.15, -0.1) is 0 Å². The van der Waals surface area contributed by atoms with Crippen LogP contribution in [0, 0.1) is 0 Å². The van der Waals surface area contributed by atoms with Gasteiger partial charge >= 0.3 is 0 Å². The molecule has 2 aromatic rings. The Kier molecular flexibility index (Phi) is 6.48. The van der Waals surface area contributed by atoms with Gasteiger partial charge in [-0.1, -0.05) is 19.8 Å². The molecule has 0 fully saturated rings. The standard InChI is InChI=1S/C19H23NO3/c1-3-4-5-14-22-18-10-6-16(7-11-18)20(2)17-8-12-19(13-9-17)23-15-21/h6-13,15H,3-5,14H2,1-2H3. The van der Waals surface area contributed by atoms with Gasteiger partial charge in [0.2, 0.25) is 0 Å². The molecule has 0 spiro atoms. The van der Waals surface area contributed by atoms with Gasteiger partial charge in [0.15, 0.2) is 0 Å². The molecule has 0 atom stereocenters. The van der Waals surface area contributed by atoms with E-state index in [0.717, 1.165) is 30.2 Å². The van der Waals surface area contributed by atoms with Crippen molar-refractivity contribution in [1.29, 1.82) is 0 Å². The lowest BCUT2D eigenvalue weighted by Gasteiger charge is -2.20. The molecule has 0 saturated carbocycles. The number of ether oxygens (including phenoxy) is 2. The summed E-state index contributed by atoms with van der Waals surface area (Å²) in [4.78, 5) is 12.4. The summed E-state index contributed by atoms with van der Waals surface area (Å²) in [5.74, 6) is 1.43. The minimum Gasteiger partial charge on any atom is -0.494 e. The van der Waals surface area contributed by atoms with Gasteiger partial charge in [-0.05, 0) is 55.0 Å². The molecule has 2 rings (SSSR count). The average molecular weight is 313 g/mol. The molecule has 0 N–H and O–H groups in total. The van der Waals surface area contributed by atoms with Crippen molar-refractivity contribution in [2.75, 3.05) is 18.6 Å². The number of anilines is 2. The third-order valence-electron chi connectivity index (χ3n) is 3.65. The van der Waals surface area contributed by atoms with Crippen LogP contribution in [0.1, 0.15) is 26.2 Å². The van der Waals surface area contributed by atoms with Gasteiger partial charge < -0.3 is 14.4 Å². The van der Waals surface area contributed by atoms with Crippen molar-refractivity contribution in [3.05, 3.63) is 48.5 Å². The number of hydrogen-bond donors (Lipinski definition) is 0. The maximum Gasteiger partial charge on any atom is 0.298 e. The molecule has 0 aliphatic carbocycles. The molecule has 0 amide bonds. The summed E-state index contributed by atoms with van der Waals surface area (Å²) in [6.45, 7) is 3.38. The number of carbonyl (C=O) groups is 1. The third-order valence-corrected chi connectivity index (χ3v) is 3.65. The average Bonchev–Trinajstić information content (AvgIpc) is 2.60. The van der Waals surface area contributed by atoms with Crippen LogP contribution in [0.4, 0.5) is 11.4 Å². The zero-order chi connectivity index (χ0) is 16.5. The lowest BCUT2D eigenvalue weighted by Crippen LogP contribution is -2.09. The molecule has 0 unspecified atom stereocenters. The molecule has 4 heteroatoms. The molecule has 122 valence electrons. The van der Waals surface area contributed by atoms with Gasteiger partial charge in [0.05, 0.1) is 6.61 Å². The Morgan fingerprint density at radius 3 is 2.00 bits per heavy atom. The highest BCUT2D eigenvalue weighted by molar-refractivity contribution is 5.64. The molecule has 4 nitrogen and oxygen atoms in total. The minimum atomic E-state index is 0.429. The number of unbranched alkanes of at least 4 members (excludes halogenated alkanes) is 2. The largest absolute Gasteiger partial charge is 0.494 e. The van der Waals surface area contributed by atoms with Gasteiger partial charge in [-0.3, -0.25) is 4.79 Å². The van der Waals surface area contributed by atoms with Gasteiger partial charge in [-0.2, -0.15) is 0 Å². The highest BCUT2D eigenvalue weighted by Crippen LogP contribution is 2.27. The van der Waals surface area contributed by atoms with Crippen molar-refractivity contribution in [2.24, 2.45) is 0 Å². The Bertz CT molecular complexity index is 593. The normalized spacial score (nSPS) is 10.2. The topological polar surface area (TPSA) is 38.8 Å². The Hall–Kier alpha value is -2.49. The highest BCUT2D eigenvalue weighted by atomic mass is 16.5. The summed E-state index contributed by atoms with van der Waals surface area (Å²) < 4.78 is 10.5. The van der Waals surface area contributed by atoms with Crippen LogP contribution in [0.3, 0.4) is 0 Å². The monoisotopic (exact) mass is 313 g/mol. The molecule has 0 bridgehead atoms. The zero-order valence-corrected chi connectivity index (χ0v) is 13.7. The van der Waals surface area contributed by atoms with Crippen LogP contribution in [-0.2, 0) is 4.79 Å². The third kappa shape index (κ3) is 5.02. The number of nitrogens with zero attached hydrogens (tertiary/aromatic N) is 1. The lowest BCUT2D eigenvalue weighted by molar-refractivity contribution is -0.120. The Balaban J connectivity index is 1.96. The number of rotatable bonds is 9. The van der Waals surface area contributed by atoms with Crippen molar-refractivity contribution in [3.63, 3.8) is 0 Å². The maximum atomic E-state index is 10.3. The van der Waals surface area contributed by atoms with Crippen LogP contribution in [0.25, 0.3) is 0 Å². The molecule has 0 saturated heterocycles.